The summed E-state index contributed by atoms with van der Waals surface area (Å²) in [6, 6.07) is 8.36. The van der Waals surface area contributed by atoms with Gasteiger partial charge in [-0.3, -0.25) is 4.79 Å². The lowest BCUT2D eigenvalue weighted by atomic mass is 9.89. The Bertz CT molecular complexity index is 426. The van der Waals surface area contributed by atoms with Crippen LogP contribution >= 0.6 is 0 Å². The Balaban J connectivity index is 2.54. The van der Waals surface area contributed by atoms with Crippen LogP contribution in [0.4, 0.5) is 0 Å². The van der Waals surface area contributed by atoms with E-state index in [1.807, 2.05) is 0 Å². The molecule has 4 nitrogen and oxygen atoms in total. The van der Waals surface area contributed by atoms with Crippen molar-refractivity contribution in [2.75, 3.05) is 0 Å². The fourth-order valence-electron chi connectivity index (χ4n) is 2.01. The molecule has 2 atom stereocenters. The van der Waals surface area contributed by atoms with E-state index in [4.69, 9.17) is 4.74 Å². The van der Waals surface area contributed by atoms with E-state index in [1.54, 1.807) is 37.3 Å². The second-order valence-corrected chi connectivity index (χ2v) is 3.91. The lowest BCUT2D eigenvalue weighted by Crippen LogP contribution is -2.41. The van der Waals surface area contributed by atoms with Crippen LogP contribution in [0.5, 0.6) is 0 Å². The number of Topliss-reactive ketones (excluding diaryl/α,β-unsaturated/α-hetero) is 1. The van der Waals surface area contributed by atoms with Gasteiger partial charge in [0.1, 0.15) is 0 Å². The topological polar surface area (TPSA) is 63.6 Å². The number of hydrogen-bond donors (Lipinski definition) is 1. The van der Waals surface area contributed by atoms with E-state index in [-0.39, 0.29) is 12.5 Å². The van der Waals surface area contributed by atoms with Gasteiger partial charge < -0.3 is 9.84 Å². The van der Waals surface area contributed by atoms with Gasteiger partial charge in [-0.05, 0) is 6.92 Å². The van der Waals surface area contributed by atoms with Crippen molar-refractivity contribution >= 4 is 11.8 Å². The van der Waals surface area contributed by atoms with Gasteiger partial charge in [0, 0.05) is 12.0 Å². The molecular weight excluding hydrogens is 208 g/mol. The van der Waals surface area contributed by atoms with E-state index in [0.717, 1.165) is 0 Å². The van der Waals surface area contributed by atoms with Gasteiger partial charge in [0.25, 0.3) is 0 Å². The predicted molar refractivity (Wildman–Crippen MR) is 55.9 cm³/mol. The van der Waals surface area contributed by atoms with Gasteiger partial charge in [0.2, 0.25) is 5.60 Å². The van der Waals surface area contributed by atoms with Gasteiger partial charge in [-0.15, -0.1) is 0 Å². The number of benzene rings is 1. The van der Waals surface area contributed by atoms with Crippen molar-refractivity contribution in [3.63, 3.8) is 0 Å². The lowest BCUT2D eigenvalue weighted by molar-refractivity contribution is -0.168. The molecule has 0 saturated carbocycles. The molecule has 1 aromatic carbocycles. The maximum Gasteiger partial charge on any atom is 0.348 e. The zero-order chi connectivity index (χ0) is 11.8. The van der Waals surface area contributed by atoms with Crippen LogP contribution in [0.25, 0.3) is 0 Å². The molecule has 4 heteroatoms. The first kappa shape index (κ1) is 10.8. The van der Waals surface area contributed by atoms with Crippen LogP contribution in [0.1, 0.15) is 18.9 Å². The summed E-state index contributed by atoms with van der Waals surface area (Å²) in [6.07, 6.45) is -0.218. The summed E-state index contributed by atoms with van der Waals surface area (Å²) in [5.74, 6) is -1.63. The highest BCUT2D eigenvalue weighted by molar-refractivity contribution is 6.08. The Morgan fingerprint density at radius 3 is 2.50 bits per heavy atom. The van der Waals surface area contributed by atoms with Crippen molar-refractivity contribution in [1.29, 1.82) is 0 Å². The van der Waals surface area contributed by atoms with Gasteiger partial charge >= 0.3 is 5.97 Å². The number of carbonyl (C=O) groups is 2. The molecule has 0 aromatic heterocycles. The monoisotopic (exact) mass is 220 g/mol. The number of aliphatic carboxylic acids is 1. The number of hydrogen-bond acceptors (Lipinski definition) is 3. The molecule has 1 aromatic rings. The third kappa shape index (κ3) is 1.42. The van der Waals surface area contributed by atoms with Crippen molar-refractivity contribution < 1.29 is 19.4 Å². The number of carboxylic acid groups (broad SMARTS) is 1. The zero-order valence-corrected chi connectivity index (χ0v) is 8.84. The predicted octanol–water partition coefficient (Wildman–Crippen LogP) is 1.34. The smallest absolute Gasteiger partial charge is 0.348 e. The molecule has 0 bridgehead atoms. The molecule has 1 fully saturated rings. The largest absolute Gasteiger partial charge is 0.478 e. The minimum absolute atomic E-state index is 0.140. The van der Waals surface area contributed by atoms with Crippen molar-refractivity contribution in [1.82, 2.24) is 0 Å². The molecule has 84 valence electrons. The normalized spacial score (nSPS) is 29.3. The summed E-state index contributed by atoms with van der Waals surface area (Å²) in [5, 5.41) is 9.26. The molecule has 1 saturated heterocycles. The van der Waals surface area contributed by atoms with Crippen LogP contribution in [-0.2, 0) is 19.9 Å². The highest BCUT2D eigenvalue weighted by atomic mass is 16.5. The molecule has 0 aliphatic carbocycles. The van der Waals surface area contributed by atoms with Gasteiger partial charge in [-0.2, -0.15) is 0 Å². The fraction of sp³-hybridized carbons (Fsp3) is 0.333. The summed E-state index contributed by atoms with van der Waals surface area (Å²) in [6.45, 7) is 1.70. The average Bonchev–Trinajstić information content (AvgIpc) is 2.56. The summed E-state index contributed by atoms with van der Waals surface area (Å²) < 4.78 is 5.36. The summed E-state index contributed by atoms with van der Waals surface area (Å²) in [7, 11) is 0. The van der Waals surface area contributed by atoms with Crippen LogP contribution in [0.15, 0.2) is 30.3 Å². The molecule has 1 aliphatic rings. The molecule has 0 radical (unpaired) electrons. The van der Waals surface area contributed by atoms with E-state index in [1.165, 1.54) is 0 Å². The van der Waals surface area contributed by atoms with E-state index < -0.39 is 17.4 Å². The third-order valence-corrected chi connectivity index (χ3v) is 2.72. The van der Waals surface area contributed by atoms with Crippen molar-refractivity contribution in [2.45, 2.75) is 25.0 Å². The first-order valence-electron chi connectivity index (χ1n) is 5.07. The second kappa shape index (κ2) is 3.72. The minimum Gasteiger partial charge on any atom is -0.478 e. The molecule has 0 spiro atoms. The van der Waals surface area contributed by atoms with Gasteiger partial charge in [0.05, 0.1) is 6.10 Å². The minimum atomic E-state index is -1.80. The maximum absolute atomic E-state index is 11.8. The Hall–Kier alpha value is -1.68. The number of ether oxygens (including phenoxy) is 1. The zero-order valence-electron chi connectivity index (χ0n) is 8.84. The summed E-state index contributed by atoms with van der Waals surface area (Å²) >= 11 is 0. The highest BCUT2D eigenvalue weighted by Gasteiger charge is 2.54. The van der Waals surface area contributed by atoms with E-state index in [9.17, 15) is 14.7 Å². The second-order valence-electron chi connectivity index (χ2n) is 3.91. The molecule has 1 aliphatic heterocycles. The number of rotatable bonds is 2. The molecular formula is C12H12O4. The quantitative estimate of drug-likeness (QED) is 0.764. The van der Waals surface area contributed by atoms with E-state index in [0.29, 0.717) is 5.56 Å². The first-order chi connectivity index (χ1) is 7.57. The van der Waals surface area contributed by atoms with E-state index in [2.05, 4.69) is 0 Å². The van der Waals surface area contributed by atoms with Crippen LogP contribution in [-0.4, -0.2) is 23.0 Å². The fourth-order valence-corrected chi connectivity index (χ4v) is 2.01. The van der Waals surface area contributed by atoms with E-state index >= 15 is 0 Å². The van der Waals surface area contributed by atoms with Gasteiger partial charge in [-0.25, -0.2) is 4.79 Å². The Labute approximate surface area is 92.8 Å². The SMILES string of the molecule is CC1CC(=O)C(C(=O)O)(c2ccccc2)O1. The molecule has 1 heterocycles. The third-order valence-electron chi connectivity index (χ3n) is 2.72. The Kier molecular flexibility index (Phi) is 2.52. The lowest BCUT2D eigenvalue weighted by Gasteiger charge is -2.22. The molecule has 2 rings (SSSR count). The van der Waals surface area contributed by atoms with Gasteiger partial charge in [0.15, 0.2) is 5.78 Å². The standard InChI is InChI=1S/C12H12O4/c1-8-7-10(13)12(16-8,11(14)15)9-5-3-2-4-6-9/h2-6,8H,7H2,1H3,(H,14,15). The van der Waals surface area contributed by atoms with Crippen LogP contribution in [0, 0.1) is 0 Å². The molecule has 2 unspecified atom stereocenters. The van der Waals surface area contributed by atoms with Crippen LogP contribution in [0.2, 0.25) is 0 Å². The summed E-state index contributed by atoms with van der Waals surface area (Å²) in [4.78, 5) is 23.2. The van der Waals surface area contributed by atoms with Crippen molar-refractivity contribution in [3.05, 3.63) is 35.9 Å². The maximum atomic E-state index is 11.8. The molecule has 0 amide bonds. The molecule has 16 heavy (non-hydrogen) atoms. The number of carboxylic acids is 1. The summed E-state index contributed by atoms with van der Waals surface area (Å²) in [5.41, 5.74) is -1.42. The number of carbonyl (C=O) groups excluding carboxylic acids is 1. The molecule has 1 N–H and O–H groups in total. The van der Waals surface area contributed by atoms with Crippen molar-refractivity contribution in [3.8, 4) is 0 Å². The van der Waals surface area contributed by atoms with Crippen molar-refractivity contribution in [2.24, 2.45) is 0 Å². The Morgan fingerprint density at radius 2 is 2.06 bits per heavy atom. The van der Waals surface area contributed by atoms with Crippen LogP contribution < -0.4 is 0 Å². The van der Waals surface area contributed by atoms with Crippen LogP contribution in [0.3, 0.4) is 0 Å². The Morgan fingerprint density at radius 1 is 1.44 bits per heavy atom. The number of ketones is 1. The highest BCUT2D eigenvalue weighted by Crippen LogP contribution is 2.36. The average molecular weight is 220 g/mol. The van der Waals surface area contributed by atoms with Gasteiger partial charge in [-0.1, -0.05) is 30.3 Å². The first-order valence-corrected chi connectivity index (χ1v) is 5.07.